The lowest BCUT2D eigenvalue weighted by Gasteiger charge is -2.27. The van der Waals surface area contributed by atoms with Gasteiger partial charge in [-0.25, -0.2) is 10.3 Å². The SMILES string of the molecule is C=C1CN=C(NC(=O)OC(C)(C)C)C(n2c(C)ccc(NC(=O)Cc3ccccc3)c2=O)=C1CC(=O)NO. The number of aliphatic imine (C=N–C) groups is 1. The molecule has 1 aliphatic rings. The Morgan fingerprint density at radius 1 is 1.05 bits per heavy atom. The Balaban J connectivity index is 2.08. The van der Waals surface area contributed by atoms with E-state index >= 15 is 0 Å². The van der Waals surface area contributed by atoms with Gasteiger partial charge < -0.3 is 10.1 Å². The van der Waals surface area contributed by atoms with E-state index in [1.807, 2.05) is 18.2 Å². The third-order valence-corrected chi connectivity index (χ3v) is 5.43. The molecule has 1 aromatic heterocycles. The Morgan fingerprint density at radius 3 is 2.37 bits per heavy atom. The Bertz CT molecular complexity index is 1380. The van der Waals surface area contributed by atoms with Crippen LogP contribution in [0.15, 0.2) is 70.0 Å². The maximum atomic E-state index is 13.7. The molecule has 3 rings (SSSR count). The van der Waals surface area contributed by atoms with Gasteiger partial charge >= 0.3 is 6.09 Å². The van der Waals surface area contributed by atoms with Gasteiger partial charge in [-0.05, 0) is 56.5 Å². The number of hydrogen-bond acceptors (Lipinski definition) is 7. The van der Waals surface area contributed by atoms with Crippen molar-refractivity contribution in [2.24, 2.45) is 4.99 Å². The summed E-state index contributed by atoms with van der Waals surface area (Å²) >= 11 is 0. The van der Waals surface area contributed by atoms with Crippen molar-refractivity contribution in [3.8, 4) is 0 Å². The van der Waals surface area contributed by atoms with Gasteiger partial charge in [-0.2, -0.15) is 0 Å². The number of amidine groups is 1. The highest BCUT2D eigenvalue weighted by Crippen LogP contribution is 2.27. The molecule has 2 aromatic rings. The smallest absolute Gasteiger partial charge is 0.413 e. The lowest BCUT2D eigenvalue weighted by molar-refractivity contribution is -0.128. The van der Waals surface area contributed by atoms with Crippen LogP contribution in [0.4, 0.5) is 10.5 Å². The number of amides is 3. The van der Waals surface area contributed by atoms with E-state index in [-0.39, 0.29) is 42.2 Å². The predicted molar refractivity (Wildman–Crippen MR) is 143 cm³/mol. The largest absolute Gasteiger partial charge is 0.444 e. The normalized spacial score (nSPS) is 13.5. The molecule has 0 atom stereocenters. The number of aromatic nitrogens is 1. The summed E-state index contributed by atoms with van der Waals surface area (Å²) in [4.78, 5) is 55.5. The minimum atomic E-state index is -0.815. The van der Waals surface area contributed by atoms with Crippen molar-refractivity contribution in [1.82, 2.24) is 15.4 Å². The molecule has 200 valence electrons. The molecule has 1 aliphatic heterocycles. The van der Waals surface area contributed by atoms with Crippen molar-refractivity contribution in [3.63, 3.8) is 0 Å². The standard InChI is InChI=1S/C27H31N5O6/c1-16-15-28-24(30-26(36)38-27(3,4)5)23(19(16)14-22(34)31-37)32-17(2)11-12-20(25(32)35)29-21(33)13-18-9-7-6-8-10-18/h6-12,37H,1,13-15H2,2-5H3,(H,29,33)(H,31,34)(H,28,30,36). The van der Waals surface area contributed by atoms with Crippen LogP contribution in [0, 0.1) is 6.92 Å². The summed E-state index contributed by atoms with van der Waals surface area (Å²) < 4.78 is 6.58. The number of pyridine rings is 1. The molecule has 11 nitrogen and oxygen atoms in total. The molecule has 11 heteroatoms. The maximum Gasteiger partial charge on any atom is 0.413 e. The van der Waals surface area contributed by atoms with E-state index in [1.54, 1.807) is 51.4 Å². The Labute approximate surface area is 219 Å². The van der Waals surface area contributed by atoms with Gasteiger partial charge in [0.2, 0.25) is 11.8 Å². The van der Waals surface area contributed by atoms with Gasteiger partial charge in [0.05, 0.1) is 25.1 Å². The molecule has 3 amide bonds. The first-order valence-electron chi connectivity index (χ1n) is 11.9. The molecule has 0 aliphatic carbocycles. The van der Waals surface area contributed by atoms with Crippen LogP contribution in [-0.2, 0) is 20.7 Å². The summed E-state index contributed by atoms with van der Waals surface area (Å²) in [6.07, 6.45) is -1.11. The molecule has 0 spiro atoms. The van der Waals surface area contributed by atoms with Gasteiger partial charge in [-0.1, -0.05) is 36.9 Å². The molecule has 38 heavy (non-hydrogen) atoms. The first kappa shape index (κ1) is 28.1. The highest BCUT2D eigenvalue weighted by molar-refractivity contribution is 6.24. The molecule has 1 aromatic carbocycles. The van der Waals surface area contributed by atoms with Gasteiger partial charge in [-0.3, -0.25) is 34.5 Å². The third kappa shape index (κ3) is 7.04. The van der Waals surface area contributed by atoms with Crippen LogP contribution in [0.3, 0.4) is 0 Å². The average Bonchev–Trinajstić information content (AvgIpc) is 2.83. The number of nitrogens with zero attached hydrogens (tertiary/aromatic N) is 2. The van der Waals surface area contributed by atoms with Crippen molar-refractivity contribution in [3.05, 3.63) is 81.8 Å². The molecule has 2 heterocycles. The molecule has 0 fully saturated rings. The van der Waals surface area contributed by atoms with Crippen molar-refractivity contribution >= 4 is 35.1 Å². The average molecular weight is 522 g/mol. The number of aryl methyl sites for hydroxylation is 1. The van der Waals surface area contributed by atoms with Crippen LogP contribution < -0.4 is 21.7 Å². The predicted octanol–water partition coefficient (Wildman–Crippen LogP) is 2.94. The monoisotopic (exact) mass is 521 g/mol. The molecule has 0 bridgehead atoms. The zero-order valence-electron chi connectivity index (χ0n) is 21.8. The van der Waals surface area contributed by atoms with Crippen LogP contribution >= 0.6 is 0 Å². The van der Waals surface area contributed by atoms with Crippen LogP contribution in [-0.4, -0.2) is 45.7 Å². The number of hydrogen-bond donors (Lipinski definition) is 4. The van der Waals surface area contributed by atoms with Gasteiger partial charge in [0.1, 0.15) is 11.3 Å². The molecular weight excluding hydrogens is 490 g/mol. The van der Waals surface area contributed by atoms with Crippen LogP contribution in [0.2, 0.25) is 0 Å². The van der Waals surface area contributed by atoms with E-state index in [0.29, 0.717) is 11.3 Å². The topological polar surface area (TPSA) is 151 Å². The zero-order chi connectivity index (χ0) is 28.0. The Kier molecular flexibility index (Phi) is 8.64. The number of anilines is 1. The first-order valence-corrected chi connectivity index (χ1v) is 11.9. The van der Waals surface area contributed by atoms with Crippen molar-refractivity contribution in [2.75, 3.05) is 11.9 Å². The maximum absolute atomic E-state index is 13.7. The van der Waals surface area contributed by atoms with Gasteiger partial charge in [0.15, 0.2) is 5.84 Å². The number of benzene rings is 1. The summed E-state index contributed by atoms with van der Waals surface area (Å²) in [6.45, 7) is 10.7. The van der Waals surface area contributed by atoms with Crippen LogP contribution in [0.1, 0.15) is 38.4 Å². The summed E-state index contributed by atoms with van der Waals surface area (Å²) in [5, 5.41) is 14.3. The fourth-order valence-electron chi connectivity index (χ4n) is 3.78. The number of hydroxylamine groups is 1. The van der Waals surface area contributed by atoms with Gasteiger partial charge in [0.25, 0.3) is 5.56 Å². The number of alkyl carbamates (subject to hydrolysis) is 1. The van der Waals surface area contributed by atoms with E-state index in [2.05, 4.69) is 22.2 Å². The van der Waals surface area contributed by atoms with Crippen LogP contribution in [0.25, 0.3) is 5.70 Å². The first-order chi connectivity index (χ1) is 17.9. The summed E-state index contributed by atoms with van der Waals surface area (Å²) in [6, 6.07) is 12.2. The number of nitrogens with one attached hydrogen (secondary N) is 3. The number of ether oxygens (including phenoxy) is 1. The molecule has 0 saturated carbocycles. The lowest BCUT2D eigenvalue weighted by Crippen LogP contribution is -2.42. The Morgan fingerprint density at radius 2 is 1.74 bits per heavy atom. The molecule has 4 N–H and O–H groups in total. The van der Waals surface area contributed by atoms with Crippen molar-refractivity contribution in [2.45, 2.75) is 46.1 Å². The van der Waals surface area contributed by atoms with Crippen LogP contribution in [0.5, 0.6) is 0 Å². The molecule has 0 radical (unpaired) electrons. The zero-order valence-corrected chi connectivity index (χ0v) is 21.8. The summed E-state index contributed by atoms with van der Waals surface area (Å²) in [7, 11) is 0. The third-order valence-electron chi connectivity index (χ3n) is 5.43. The Hall–Kier alpha value is -4.51. The number of carbonyl (C=O) groups excluding carboxylic acids is 3. The van der Waals surface area contributed by atoms with E-state index in [4.69, 9.17) is 9.94 Å². The quantitative estimate of drug-likeness (QED) is 0.339. The summed E-state index contributed by atoms with van der Waals surface area (Å²) in [5.74, 6) is -1.17. The fourth-order valence-corrected chi connectivity index (χ4v) is 3.78. The summed E-state index contributed by atoms with van der Waals surface area (Å²) in [5.41, 5.74) is 2.11. The van der Waals surface area contributed by atoms with E-state index in [1.165, 1.54) is 10.6 Å². The fraction of sp³-hybridized carbons (Fsp3) is 0.296. The second-order valence-electron chi connectivity index (χ2n) is 9.67. The second-order valence-corrected chi connectivity index (χ2v) is 9.67. The molecule has 0 unspecified atom stereocenters. The van der Waals surface area contributed by atoms with E-state index < -0.39 is 29.1 Å². The highest BCUT2D eigenvalue weighted by Gasteiger charge is 2.29. The number of rotatable bonds is 6. The minimum Gasteiger partial charge on any atom is -0.444 e. The number of carbonyl (C=O) groups is 3. The molecular formula is C27H31N5O6. The van der Waals surface area contributed by atoms with E-state index in [9.17, 15) is 19.2 Å². The number of dihydropyridines is 1. The van der Waals surface area contributed by atoms with Gasteiger partial charge in [-0.15, -0.1) is 0 Å². The van der Waals surface area contributed by atoms with Gasteiger partial charge in [0, 0.05) is 5.69 Å². The lowest BCUT2D eigenvalue weighted by atomic mass is 9.97. The van der Waals surface area contributed by atoms with Crippen molar-refractivity contribution in [1.29, 1.82) is 0 Å². The van der Waals surface area contributed by atoms with E-state index in [0.717, 1.165) is 5.56 Å². The minimum absolute atomic E-state index is 0.0113. The van der Waals surface area contributed by atoms with Crippen molar-refractivity contribution < 1.29 is 24.3 Å². The molecule has 0 saturated heterocycles. The second kappa shape index (κ2) is 11.7. The highest BCUT2D eigenvalue weighted by atomic mass is 16.6.